The molecule has 0 aliphatic rings. The molecule has 0 aliphatic carbocycles. The van der Waals surface area contributed by atoms with Gasteiger partial charge in [0.05, 0.1) is 5.56 Å². The van der Waals surface area contributed by atoms with Crippen molar-refractivity contribution in [2.45, 2.75) is 0 Å². The number of aromatic nitrogens is 4. The lowest BCUT2D eigenvalue weighted by atomic mass is 10.2. The van der Waals surface area contributed by atoms with Crippen molar-refractivity contribution in [2.75, 3.05) is 5.32 Å². The Balaban J connectivity index is 2.00. The molecule has 3 rings (SSSR count). The molecule has 2 aromatic heterocycles. The highest BCUT2D eigenvalue weighted by Crippen LogP contribution is 2.19. The highest BCUT2D eigenvalue weighted by Gasteiger charge is 2.10. The number of hydrogen-bond donors (Lipinski definition) is 2. The van der Waals surface area contributed by atoms with Gasteiger partial charge in [0.25, 0.3) is 0 Å². The van der Waals surface area contributed by atoms with Crippen LogP contribution in [0.2, 0.25) is 0 Å². The number of H-pyrrole nitrogens is 1. The molecule has 8 heteroatoms. The first-order valence-electron chi connectivity index (χ1n) is 6.24. The van der Waals surface area contributed by atoms with Gasteiger partial charge in [0.2, 0.25) is 11.9 Å². The lowest BCUT2D eigenvalue weighted by Gasteiger charge is -2.06. The van der Waals surface area contributed by atoms with E-state index >= 15 is 0 Å². The number of nitrogens with one attached hydrogen (secondary N) is 2. The summed E-state index contributed by atoms with van der Waals surface area (Å²) in [7, 11) is 0. The van der Waals surface area contributed by atoms with Gasteiger partial charge in [0.15, 0.2) is 0 Å². The Labute approximate surface area is 122 Å². The first kappa shape index (κ1) is 13.8. The van der Waals surface area contributed by atoms with Gasteiger partial charge in [-0.05, 0) is 18.2 Å². The zero-order valence-electron chi connectivity index (χ0n) is 11.0. The van der Waals surface area contributed by atoms with Crippen LogP contribution < -0.4 is 11.0 Å². The summed E-state index contributed by atoms with van der Waals surface area (Å²) >= 11 is 0. The summed E-state index contributed by atoms with van der Waals surface area (Å²) in [5, 5.41) is 2.67. The van der Waals surface area contributed by atoms with E-state index in [9.17, 15) is 13.6 Å². The fraction of sp³-hybridized carbons (Fsp3) is 0. The predicted molar refractivity (Wildman–Crippen MR) is 75.5 cm³/mol. The van der Waals surface area contributed by atoms with Crippen LogP contribution in [-0.4, -0.2) is 19.9 Å². The fourth-order valence-corrected chi connectivity index (χ4v) is 1.83. The van der Waals surface area contributed by atoms with Gasteiger partial charge in [0.1, 0.15) is 11.6 Å². The van der Waals surface area contributed by atoms with Gasteiger partial charge in [-0.2, -0.15) is 14.4 Å². The van der Waals surface area contributed by atoms with Crippen LogP contribution in [-0.2, 0) is 0 Å². The number of pyridine rings is 1. The summed E-state index contributed by atoms with van der Waals surface area (Å²) in [5.74, 6) is -1.27. The van der Waals surface area contributed by atoms with Crippen molar-refractivity contribution < 1.29 is 8.78 Å². The summed E-state index contributed by atoms with van der Waals surface area (Å²) in [6.45, 7) is 0. The van der Waals surface area contributed by atoms with E-state index < -0.39 is 17.5 Å². The normalized spacial score (nSPS) is 10.5. The highest BCUT2D eigenvalue weighted by molar-refractivity contribution is 5.58. The van der Waals surface area contributed by atoms with Crippen LogP contribution in [0.3, 0.4) is 0 Å². The first-order chi connectivity index (χ1) is 10.6. The van der Waals surface area contributed by atoms with Crippen molar-refractivity contribution in [3.63, 3.8) is 0 Å². The van der Waals surface area contributed by atoms with Crippen molar-refractivity contribution in [3.05, 3.63) is 64.8 Å². The Bertz CT molecular complexity index is 881. The van der Waals surface area contributed by atoms with Crippen LogP contribution >= 0.6 is 0 Å². The fourth-order valence-electron chi connectivity index (χ4n) is 1.83. The largest absolute Gasteiger partial charge is 0.349 e. The summed E-state index contributed by atoms with van der Waals surface area (Å²) in [4.78, 5) is 25.0. The van der Waals surface area contributed by atoms with Crippen LogP contribution in [0.1, 0.15) is 0 Å². The molecule has 0 spiro atoms. The smallest absolute Gasteiger partial charge is 0.324 e. The van der Waals surface area contributed by atoms with Crippen LogP contribution in [0.15, 0.2) is 47.4 Å². The molecule has 3 aromatic rings. The molecule has 0 saturated heterocycles. The Morgan fingerprint density at radius 1 is 1.09 bits per heavy atom. The van der Waals surface area contributed by atoms with E-state index in [-0.39, 0.29) is 17.3 Å². The van der Waals surface area contributed by atoms with E-state index in [4.69, 9.17) is 0 Å². The van der Waals surface area contributed by atoms with E-state index in [1.165, 1.54) is 30.5 Å². The molecule has 0 radical (unpaired) electrons. The highest BCUT2D eigenvalue weighted by atomic mass is 19.1. The van der Waals surface area contributed by atoms with Crippen molar-refractivity contribution in [3.8, 4) is 11.4 Å². The third kappa shape index (κ3) is 2.95. The second kappa shape index (κ2) is 5.68. The molecule has 0 amide bonds. The molecular weight excluding hydrogens is 292 g/mol. The average molecular weight is 301 g/mol. The Hall–Kier alpha value is -3.16. The number of nitrogens with zero attached hydrogens (tertiary/aromatic N) is 3. The van der Waals surface area contributed by atoms with E-state index in [0.717, 1.165) is 6.07 Å². The van der Waals surface area contributed by atoms with E-state index in [1.807, 2.05) is 0 Å². The van der Waals surface area contributed by atoms with E-state index in [1.54, 1.807) is 6.07 Å². The van der Waals surface area contributed by atoms with E-state index in [0.29, 0.717) is 5.69 Å². The lowest BCUT2D eigenvalue weighted by Crippen LogP contribution is -2.16. The van der Waals surface area contributed by atoms with Gasteiger partial charge in [-0.3, -0.25) is 4.98 Å². The second-order valence-electron chi connectivity index (χ2n) is 4.30. The zero-order chi connectivity index (χ0) is 15.5. The SMILES string of the molecule is O=c1nc(Nc2ccnc(F)c2)nc(-c2ccccc2F)[nH]1. The third-order valence-electron chi connectivity index (χ3n) is 2.76. The monoisotopic (exact) mass is 301 g/mol. The number of hydrogen-bond acceptors (Lipinski definition) is 5. The van der Waals surface area contributed by atoms with E-state index in [2.05, 4.69) is 25.3 Å². The van der Waals surface area contributed by atoms with Gasteiger partial charge in [-0.1, -0.05) is 12.1 Å². The number of anilines is 2. The summed E-state index contributed by atoms with van der Waals surface area (Å²) in [5.41, 5.74) is -0.256. The maximum absolute atomic E-state index is 13.8. The molecular formula is C14H9F2N5O. The molecule has 0 unspecified atom stereocenters. The Kier molecular flexibility index (Phi) is 3.57. The third-order valence-corrected chi connectivity index (χ3v) is 2.76. The zero-order valence-corrected chi connectivity index (χ0v) is 11.0. The average Bonchev–Trinajstić information content (AvgIpc) is 2.47. The molecule has 0 bridgehead atoms. The molecule has 22 heavy (non-hydrogen) atoms. The lowest BCUT2D eigenvalue weighted by molar-refractivity contribution is 0.584. The molecule has 2 N–H and O–H groups in total. The maximum Gasteiger partial charge on any atom is 0.349 e. The molecule has 0 aliphatic heterocycles. The molecule has 110 valence electrons. The number of benzene rings is 1. The quantitative estimate of drug-likeness (QED) is 0.725. The summed E-state index contributed by atoms with van der Waals surface area (Å²) < 4.78 is 26.8. The summed E-state index contributed by atoms with van der Waals surface area (Å²) in [6, 6.07) is 8.47. The molecule has 2 heterocycles. The van der Waals surface area contributed by atoms with Crippen LogP contribution in [0.4, 0.5) is 20.4 Å². The number of halogens is 2. The van der Waals surface area contributed by atoms with Crippen LogP contribution in [0.25, 0.3) is 11.4 Å². The molecule has 6 nitrogen and oxygen atoms in total. The van der Waals surface area contributed by atoms with Gasteiger partial charge >= 0.3 is 5.69 Å². The summed E-state index contributed by atoms with van der Waals surface area (Å²) in [6.07, 6.45) is 1.25. The molecule has 0 saturated carbocycles. The minimum Gasteiger partial charge on any atom is -0.324 e. The topological polar surface area (TPSA) is 83.6 Å². The molecule has 0 atom stereocenters. The molecule has 0 fully saturated rings. The number of aromatic amines is 1. The van der Waals surface area contributed by atoms with Crippen molar-refractivity contribution in [2.24, 2.45) is 0 Å². The van der Waals surface area contributed by atoms with Gasteiger partial charge in [0, 0.05) is 18.0 Å². The van der Waals surface area contributed by atoms with Crippen molar-refractivity contribution >= 4 is 11.6 Å². The standard InChI is InChI=1S/C14H9F2N5O/c15-10-4-2-1-3-9(10)12-19-13(21-14(22)20-12)18-8-5-6-17-11(16)7-8/h1-7H,(H2,17,18,19,20,21,22). The van der Waals surface area contributed by atoms with Crippen molar-refractivity contribution in [1.82, 2.24) is 19.9 Å². The van der Waals surface area contributed by atoms with Crippen LogP contribution in [0, 0.1) is 11.8 Å². The van der Waals surface area contributed by atoms with Crippen molar-refractivity contribution in [1.29, 1.82) is 0 Å². The minimum absolute atomic E-state index is 0.0233. The van der Waals surface area contributed by atoms with Gasteiger partial charge in [-0.25, -0.2) is 14.2 Å². The second-order valence-corrected chi connectivity index (χ2v) is 4.30. The first-order valence-corrected chi connectivity index (χ1v) is 6.24. The van der Waals surface area contributed by atoms with Gasteiger partial charge in [-0.15, -0.1) is 0 Å². The Morgan fingerprint density at radius 3 is 2.68 bits per heavy atom. The Morgan fingerprint density at radius 2 is 1.91 bits per heavy atom. The number of rotatable bonds is 3. The predicted octanol–water partition coefficient (Wildman–Crippen LogP) is 2.25. The van der Waals surface area contributed by atoms with Crippen LogP contribution in [0.5, 0.6) is 0 Å². The maximum atomic E-state index is 13.8. The molecule has 1 aromatic carbocycles. The van der Waals surface area contributed by atoms with Gasteiger partial charge < -0.3 is 5.32 Å². The minimum atomic E-state index is -0.703.